The fourth-order valence-electron chi connectivity index (χ4n) is 2.93. The highest BCUT2D eigenvalue weighted by molar-refractivity contribution is 9.10. The molecule has 1 aromatic carbocycles. The number of halogens is 1. The summed E-state index contributed by atoms with van der Waals surface area (Å²) in [5, 5.41) is 0. The molecule has 0 heterocycles. The Morgan fingerprint density at radius 2 is 1.90 bits per heavy atom. The molecule has 0 bridgehead atoms. The molecule has 0 atom stereocenters. The van der Waals surface area contributed by atoms with E-state index in [1.54, 1.807) is 0 Å². The highest BCUT2D eigenvalue weighted by atomic mass is 79.9. The third-order valence-corrected chi connectivity index (χ3v) is 5.22. The number of hydrogen-bond acceptors (Lipinski definition) is 1. The van der Waals surface area contributed by atoms with E-state index in [1.807, 2.05) is 37.1 Å². The minimum Gasteiger partial charge on any atom is -0.339 e. The van der Waals surface area contributed by atoms with Gasteiger partial charge in [-0.1, -0.05) is 25.5 Å². The number of aryl methyl sites for hydroxylation is 1. The van der Waals surface area contributed by atoms with Crippen LogP contribution in [-0.2, 0) is 0 Å². The van der Waals surface area contributed by atoms with Crippen LogP contribution in [0.25, 0.3) is 0 Å². The average molecular weight is 338 g/mol. The number of rotatable bonds is 2. The first-order chi connectivity index (χ1) is 9.30. The van der Waals surface area contributed by atoms with Gasteiger partial charge in [-0.05, 0) is 66.1 Å². The summed E-state index contributed by atoms with van der Waals surface area (Å²) in [6.45, 7) is 6.66. The van der Waals surface area contributed by atoms with E-state index >= 15 is 0 Å². The summed E-state index contributed by atoms with van der Waals surface area (Å²) < 4.78 is 0.885. The van der Waals surface area contributed by atoms with Crippen molar-refractivity contribution in [2.45, 2.75) is 52.5 Å². The third-order valence-electron chi connectivity index (χ3n) is 4.53. The maximum Gasteiger partial charge on any atom is 0.254 e. The molecule has 0 spiro atoms. The summed E-state index contributed by atoms with van der Waals surface area (Å²) in [5.41, 5.74) is 2.33. The second kappa shape index (κ2) is 5.88. The molecule has 1 amide bonds. The lowest BCUT2D eigenvalue weighted by Gasteiger charge is -2.38. The second-order valence-electron chi connectivity index (χ2n) is 6.79. The molecule has 1 fully saturated rings. The van der Waals surface area contributed by atoms with Crippen LogP contribution in [0.1, 0.15) is 55.5 Å². The van der Waals surface area contributed by atoms with Crippen LogP contribution in [0.15, 0.2) is 22.7 Å². The second-order valence-corrected chi connectivity index (χ2v) is 7.65. The predicted molar refractivity (Wildman–Crippen MR) is 87.0 cm³/mol. The van der Waals surface area contributed by atoms with E-state index in [9.17, 15) is 4.79 Å². The maximum atomic E-state index is 12.7. The number of hydrogen-bond donors (Lipinski definition) is 0. The van der Waals surface area contributed by atoms with Gasteiger partial charge in [-0.2, -0.15) is 0 Å². The monoisotopic (exact) mass is 337 g/mol. The van der Waals surface area contributed by atoms with Gasteiger partial charge in [-0.15, -0.1) is 0 Å². The first-order valence-corrected chi connectivity index (χ1v) is 8.13. The minimum absolute atomic E-state index is 0.130. The van der Waals surface area contributed by atoms with Gasteiger partial charge in [0.25, 0.3) is 5.91 Å². The van der Waals surface area contributed by atoms with Crippen LogP contribution in [0, 0.1) is 12.3 Å². The van der Waals surface area contributed by atoms with Gasteiger partial charge in [0.2, 0.25) is 0 Å². The van der Waals surface area contributed by atoms with Crippen LogP contribution >= 0.6 is 15.9 Å². The molecule has 3 heteroatoms. The number of nitrogens with zero attached hydrogens (tertiary/aromatic N) is 1. The summed E-state index contributed by atoms with van der Waals surface area (Å²) in [6, 6.07) is 6.32. The number of carbonyl (C=O) groups excluding carboxylic acids is 1. The summed E-state index contributed by atoms with van der Waals surface area (Å²) in [6.07, 6.45) is 4.62. The molecule has 0 radical (unpaired) electrons. The van der Waals surface area contributed by atoms with E-state index in [2.05, 4.69) is 29.8 Å². The topological polar surface area (TPSA) is 20.3 Å². The zero-order valence-corrected chi connectivity index (χ0v) is 14.5. The van der Waals surface area contributed by atoms with Gasteiger partial charge in [0.15, 0.2) is 0 Å². The number of amides is 1. The Kier molecular flexibility index (Phi) is 4.58. The molecule has 0 aromatic heterocycles. The van der Waals surface area contributed by atoms with Crippen LogP contribution in [0.3, 0.4) is 0 Å². The molecule has 20 heavy (non-hydrogen) atoms. The molecule has 2 nitrogen and oxygen atoms in total. The summed E-state index contributed by atoms with van der Waals surface area (Å²) in [5.74, 6) is 0.130. The fraction of sp³-hybridized carbons (Fsp3) is 0.588. The molecule has 1 aliphatic rings. The Balaban J connectivity index is 2.11. The van der Waals surface area contributed by atoms with E-state index in [1.165, 1.54) is 12.8 Å². The van der Waals surface area contributed by atoms with Crippen molar-refractivity contribution in [3.05, 3.63) is 33.8 Å². The Morgan fingerprint density at radius 3 is 2.50 bits per heavy atom. The molecule has 1 aromatic rings. The molecule has 1 aliphatic carbocycles. The Labute approximate surface area is 130 Å². The summed E-state index contributed by atoms with van der Waals surface area (Å²) >= 11 is 3.49. The van der Waals surface area contributed by atoms with Crippen LogP contribution in [-0.4, -0.2) is 23.9 Å². The highest BCUT2D eigenvalue weighted by Crippen LogP contribution is 2.37. The van der Waals surface area contributed by atoms with E-state index in [4.69, 9.17) is 0 Å². The van der Waals surface area contributed by atoms with E-state index < -0.39 is 0 Å². The molecule has 0 unspecified atom stereocenters. The van der Waals surface area contributed by atoms with Gasteiger partial charge in [-0.3, -0.25) is 4.79 Å². The van der Waals surface area contributed by atoms with Crippen LogP contribution in [0.5, 0.6) is 0 Å². The van der Waals surface area contributed by atoms with E-state index in [0.717, 1.165) is 28.4 Å². The minimum atomic E-state index is 0.130. The molecule has 0 saturated heterocycles. The van der Waals surface area contributed by atoms with Crippen molar-refractivity contribution in [3.63, 3.8) is 0 Å². The third kappa shape index (κ3) is 3.43. The molecular formula is C17H24BrNO. The SMILES string of the molecule is Cc1ccc(Br)c(C(=O)N(C)C2CCC(C)(C)CC2)c1. The lowest BCUT2D eigenvalue weighted by atomic mass is 9.75. The van der Waals surface area contributed by atoms with Crippen LogP contribution in [0.2, 0.25) is 0 Å². The molecule has 1 saturated carbocycles. The van der Waals surface area contributed by atoms with Crippen molar-refractivity contribution in [1.82, 2.24) is 4.90 Å². The van der Waals surface area contributed by atoms with E-state index in [-0.39, 0.29) is 5.91 Å². The largest absolute Gasteiger partial charge is 0.339 e. The average Bonchev–Trinajstić information content (AvgIpc) is 2.40. The normalized spacial score (nSPS) is 18.9. The number of carbonyl (C=O) groups is 1. The standard InChI is InChI=1S/C17H24BrNO/c1-12-5-6-15(18)14(11-12)16(20)19(4)13-7-9-17(2,3)10-8-13/h5-6,11,13H,7-10H2,1-4H3. The van der Waals surface area contributed by atoms with Crippen molar-refractivity contribution in [3.8, 4) is 0 Å². The lowest BCUT2D eigenvalue weighted by molar-refractivity contribution is 0.0634. The summed E-state index contributed by atoms with van der Waals surface area (Å²) in [4.78, 5) is 14.6. The molecule has 0 aliphatic heterocycles. The first kappa shape index (κ1) is 15.6. The van der Waals surface area contributed by atoms with E-state index in [0.29, 0.717) is 11.5 Å². The van der Waals surface area contributed by atoms with Gasteiger partial charge in [0, 0.05) is 17.6 Å². The Bertz CT molecular complexity index is 500. The Morgan fingerprint density at radius 1 is 1.30 bits per heavy atom. The van der Waals surface area contributed by atoms with Crippen LogP contribution < -0.4 is 0 Å². The van der Waals surface area contributed by atoms with Crippen molar-refractivity contribution < 1.29 is 4.79 Å². The molecule has 2 rings (SSSR count). The van der Waals surface area contributed by atoms with Crippen molar-refractivity contribution >= 4 is 21.8 Å². The molecular weight excluding hydrogens is 314 g/mol. The van der Waals surface area contributed by atoms with Gasteiger partial charge in [0.05, 0.1) is 5.56 Å². The first-order valence-electron chi connectivity index (χ1n) is 7.33. The highest BCUT2D eigenvalue weighted by Gasteiger charge is 2.31. The predicted octanol–water partition coefficient (Wildman–Crippen LogP) is 4.80. The quantitative estimate of drug-likeness (QED) is 0.759. The van der Waals surface area contributed by atoms with Crippen molar-refractivity contribution in [2.24, 2.45) is 5.41 Å². The lowest BCUT2D eigenvalue weighted by Crippen LogP contribution is -2.41. The van der Waals surface area contributed by atoms with Crippen molar-refractivity contribution in [2.75, 3.05) is 7.05 Å². The zero-order chi connectivity index (χ0) is 14.9. The zero-order valence-electron chi connectivity index (χ0n) is 12.9. The molecule has 110 valence electrons. The molecule has 0 N–H and O–H groups in total. The van der Waals surface area contributed by atoms with Gasteiger partial charge in [-0.25, -0.2) is 0 Å². The van der Waals surface area contributed by atoms with Crippen molar-refractivity contribution in [1.29, 1.82) is 0 Å². The van der Waals surface area contributed by atoms with Gasteiger partial charge < -0.3 is 4.90 Å². The fourth-order valence-corrected chi connectivity index (χ4v) is 3.35. The van der Waals surface area contributed by atoms with Gasteiger partial charge in [0.1, 0.15) is 0 Å². The summed E-state index contributed by atoms with van der Waals surface area (Å²) in [7, 11) is 1.94. The maximum absolute atomic E-state index is 12.7. The van der Waals surface area contributed by atoms with Crippen LogP contribution in [0.4, 0.5) is 0 Å². The Hall–Kier alpha value is -0.830. The number of benzene rings is 1. The smallest absolute Gasteiger partial charge is 0.254 e. The van der Waals surface area contributed by atoms with Gasteiger partial charge >= 0.3 is 0 Å².